The second-order valence-corrected chi connectivity index (χ2v) is 7.80. The van der Waals surface area contributed by atoms with E-state index in [0.717, 1.165) is 32.1 Å². The molecule has 0 aromatic rings. The van der Waals surface area contributed by atoms with Gasteiger partial charge in [0.2, 0.25) is 0 Å². The molecule has 0 rings (SSSR count). The average Bonchev–Trinajstić information content (AvgIpc) is 2.49. The van der Waals surface area contributed by atoms with Gasteiger partial charge < -0.3 is 9.79 Å². The van der Waals surface area contributed by atoms with Gasteiger partial charge in [-0.1, -0.05) is 70.1 Å². The summed E-state index contributed by atoms with van der Waals surface area (Å²) in [7, 11) is -3.80. The van der Waals surface area contributed by atoms with Gasteiger partial charge in [-0.15, -0.1) is 0 Å². The minimum absolute atomic E-state index is 0.00274. The Balaban J connectivity index is 3.34. The Bertz CT molecular complexity index is 431. The maximum absolute atomic E-state index is 10.6. The molecular formula is C19H33O3P. The van der Waals surface area contributed by atoms with Crippen molar-refractivity contribution >= 4 is 7.60 Å². The Morgan fingerprint density at radius 1 is 0.696 bits per heavy atom. The van der Waals surface area contributed by atoms with Gasteiger partial charge >= 0.3 is 7.60 Å². The van der Waals surface area contributed by atoms with Crippen molar-refractivity contribution in [1.29, 1.82) is 0 Å². The van der Waals surface area contributed by atoms with Crippen LogP contribution in [0, 0.1) is 23.7 Å². The maximum Gasteiger partial charge on any atom is 0.325 e. The van der Waals surface area contributed by atoms with Crippen LogP contribution < -0.4 is 0 Å². The fraction of sp³-hybridized carbons (Fsp3) is 0.789. The van der Waals surface area contributed by atoms with Crippen molar-refractivity contribution in [3.05, 3.63) is 0 Å². The van der Waals surface area contributed by atoms with Crippen molar-refractivity contribution < 1.29 is 14.4 Å². The number of rotatable bonds is 13. The SMILES string of the molecule is CCCCCCCCCC#CC#CCCCCCCP(=O)(O)O. The smallest absolute Gasteiger partial charge is 0.324 e. The summed E-state index contributed by atoms with van der Waals surface area (Å²) in [6.07, 6.45) is 14.4. The van der Waals surface area contributed by atoms with Crippen LogP contribution in [0.2, 0.25) is 0 Å². The van der Waals surface area contributed by atoms with Crippen molar-refractivity contribution in [1.82, 2.24) is 0 Å². The first kappa shape index (κ1) is 22.3. The van der Waals surface area contributed by atoms with Gasteiger partial charge in [-0.25, -0.2) is 0 Å². The number of hydrogen-bond donors (Lipinski definition) is 2. The third-order valence-electron chi connectivity index (χ3n) is 3.65. The molecule has 0 aromatic carbocycles. The number of hydrogen-bond acceptors (Lipinski definition) is 1. The molecule has 2 N–H and O–H groups in total. The van der Waals surface area contributed by atoms with Crippen LogP contribution in [0.15, 0.2) is 0 Å². The van der Waals surface area contributed by atoms with Gasteiger partial charge in [-0.2, -0.15) is 0 Å². The lowest BCUT2D eigenvalue weighted by Crippen LogP contribution is -1.87. The highest BCUT2D eigenvalue weighted by Gasteiger charge is 2.10. The largest absolute Gasteiger partial charge is 0.325 e. The molecule has 0 aliphatic heterocycles. The molecule has 0 spiro atoms. The molecule has 0 aromatic heterocycles. The molecular weight excluding hydrogens is 307 g/mol. The lowest BCUT2D eigenvalue weighted by atomic mass is 10.1. The van der Waals surface area contributed by atoms with Crippen LogP contribution in [0.5, 0.6) is 0 Å². The fourth-order valence-electron chi connectivity index (χ4n) is 2.27. The lowest BCUT2D eigenvalue weighted by Gasteiger charge is -2.02. The van der Waals surface area contributed by atoms with Crippen molar-refractivity contribution in [2.45, 2.75) is 90.4 Å². The number of unbranched alkanes of at least 4 members (excludes halogenated alkanes) is 11. The normalized spacial score (nSPS) is 10.6. The van der Waals surface area contributed by atoms with E-state index in [0.29, 0.717) is 6.42 Å². The van der Waals surface area contributed by atoms with Crippen LogP contribution in [-0.4, -0.2) is 15.9 Å². The first-order valence-corrected chi connectivity index (χ1v) is 10.9. The van der Waals surface area contributed by atoms with Gasteiger partial charge in [-0.3, -0.25) is 4.57 Å². The predicted molar refractivity (Wildman–Crippen MR) is 98.2 cm³/mol. The lowest BCUT2D eigenvalue weighted by molar-refractivity contribution is 0.370. The summed E-state index contributed by atoms with van der Waals surface area (Å²) in [6, 6.07) is 0. The van der Waals surface area contributed by atoms with Gasteiger partial charge in [-0.05, 0) is 31.1 Å². The Kier molecular flexibility index (Phi) is 15.6. The van der Waals surface area contributed by atoms with Gasteiger partial charge in [0.15, 0.2) is 0 Å². The van der Waals surface area contributed by atoms with Gasteiger partial charge in [0, 0.05) is 19.0 Å². The molecule has 0 aliphatic rings. The third-order valence-corrected chi connectivity index (χ3v) is 4.54. The maximum atomic E-state index is 10.6. The molecule has 132 valence electrons. The van der Waals surface area contributed by atoms with Crippen LogP contribution in [0.3, 0.4) is 0 Å². The van der Waals surface area contributed by atoms with Crippen LogP contribution >= 0.6 is 7.60 Å². The molecule has 0 aliphatic carbocycles. The first-order chi connectivity index (χ1) is 11.1. The summed E-state index contributed by atoms with van der Waals surface area (Å²) in [6.45, 7) is 2.24. The van der Waals surface area contributed by atoms with E-state index in [1.54, 1.807) is 0 Å². The zero-order valence-corrected chi connectivity index (χ0v) is 15.5. The van der Waals surface area contributed by atoms with E-state index in [2.05, 4.69) is 30.6 Å². The summed E-state index contributed by atoms with van der Waals surface area (Å²) in [5.74, 6) is 11.9. The van der Waals surface area contributed by atoms with Crippen molar-refractivity contribution in [3.8, 4) is 23.7 Å². The monoisotopic (exact) mass is 340 g/mol. The summed E-state index contributed by atoms with van der Waals surface area (Å²) < 4.78 is 10.6. The van der Waals surface area contributed by atoms with Crippen LogP contribution in [-0.2, 0) is 4.57 Å². The topological polar surface area (TPSA) is 57.5 Å². The molecule has 0 atom stereocenters. The van der Waals surface area contributed by atoms with Crippen molar-refractivity contribution in [3.63, 3.8) is 0 Å². The molecule has 4 heteroatoms. The summed E-state index contributed by atoms with van der Waals surface area (Å²) in [4.78, 5) is 17.4. The molecule has 0 amide bonds. The second kappa shape index (κ2) is 16.1. The molecule has 0 saturated carbocycles. The molecule has 0 bridgehead atoms. The highest BCUT2D eigenvalue weighted by Crippen LogP contribution is 2.35. The van der Waals surface area contributed by atoms with E-state index in [-0.39, 0.29) is 6.16 Å². The summed E-state index contributed by atoms with van der Waals surface area (Å²) in [5, 5.41) is 0. The van der Waals surface area contributed by atoms with E-state index in [4.69, 9.17) is 9.79 Å². The van der Waals surface area contributed by atoms with Crippen LogP contribution in [0.1, 0.15) is 90.4 Å². The molecule has 0 saturated heterocycles. The van der Waals surface area contributed by atoms with E-state index in [1.165, 1.54) is 44.9 Å². The van der Waals surface area contributed by atoms with Gasteiger partial charge in [0.05, 0.1) is 0 Å². The minimum atomic E-state index is -3.80. The Morgan fingerprint density at radius 2 is 1.13 bits per heavy atom. The van der Waals surface area contributed by atoms with E-state index in [1.807, 2.05) is 0 Å². The zero-order chi connectivity index (χ0) is 17.2. The molecule has 0 radical (unpaired) electrons. The Hall–Kier alpha value is -0.730. The van der Waals surface area contributed by atoms with Crippen LogP contribution in [0.4, 0.5) is 0 Å². The van der Waals surface area contributed by atoms with Crippen LogP contribution in [0.25, 0.3) is 0 Å². The standard InChI is InChI=1S/C19H33O3P/c1-2-3-4-5-6-7-8-9-10-11-12-13-14-15-16-17-18-19-23(20,21)22/h2-9,14-19H2,1H3,(H2,20,21,22). The summed E-state index contributed by atoms with van der Waals surface area (Å²) >= 11 is 0. The van der Waals surface area contributed by atoms with Gasteiger partial charge in [0.25, 0.3) is 0 Å². The molecule has 0 heterocycles. The average molecular weight is 340 g/mol. The second-order valence-electron chi connectivity index (χ2n) is 6.03. The Morgan fingerprint density at radius 3 is 1.61 bits per heavy atom. The van der Waals surface area contributed by atoms with Crippen molar-refractivity contribution in [2.24, 2.45) is 0 Å². The summed E-state index contributed by atoms with van der Waals surface area (Å²) in [5.41, 5.74) is 0. The van der Waals surface area contributed by atoms with Crippen molar-refractivity contribution in [2.75, 3.05) is 6.16 Å². The van der Waals surface area contributed by atoms with E-state index >= 15 is 0 Å². The Labute approximate surface area is 142 Å². The highest BCUT2D eigenvalue weighted by atomic mass is 31.2. The molecule has 0 unspecified atom stereocenters. The minimum Gasteiger partial charge on any atom is -0.324 e. The third kappa shape index (κ3) is 21.3. The molecule has 3 nitrogen and oxygen atoms in total. The highest BCUT2D eigenvalue weighted by molar-refractivity contribution is 7.51. The predicted octanol–water partition coefficient (Wildman–Crippen LogP) is 5.26. The quantitative estimate of drug-likeness (QED) is 0.273. The van der Waals surface area contributed by atoms with Gasteiger partial charge in [0.1, 0.15) is 0 Å². The molecule has 0 fully saturated rings. The van der Waals surface area contributed by atoms with E-state index in [9.17, 15) is 4.57 Å². The van der Waals surface area contributed by atoms with E-state index < -0.39 is 7.60 Å². The molecule has 23 heavy (non-hydrogen) atoms. The zero-order valence-electron chi connectivity index (χ0n) is 14.6. The fourth-order valence-corrected chi connectivity index (χ4v) is 2.90. The first-order valence-electron chi connectivity index (χ1n) is 9.06.